The summed E-state index contributed by atoms with van der Waals surface area (Å²) < 4.78 is 1.78. The molecule has 0 unspecified atom stereocenters. The first-order valence-electron chi connectivity index (χ1n) is 7.76. The zero-order valence-corrected chi connectivity index (χ0v) is 13.1. The van der Waals surface area contributed by atoms with Gasteiger partial charge in [0.15, 0.2) is 0 Å². The predicted octanol–water partition coefficient (Wildman–Crippen LogP) is 2.00. The quantitative estimate of drug-likeness (QED) is 0.943. The molecule has 1 aromatic heterocycles. The number of amides is 1. The summed E-state index contributed by atoms with van der Waals surface area (Å²) in [4.78, 5) is 14.6. The van der Waals surface area contributed by atoms with Crippen LogP contribution < -0.4 is 5.32 Å². The van der Waals surface area contributed by atoms with E-state index in [0.717, 1.165) is 37.2 Å². The first-order valence-corrected chi connectivity index (χ1v) is 7.76. The molecule has 0 aliphatic carbocycles. The Morgan fingerprint density at radius 1 is 1.36 bits per heavy atom. The summed E-state index contributed by atoms with van der Waals surface area (Å²) in [5, 5.41) is 7.62. The van der Waals surface area contributed by atoms with Crippen LogP contribution in [0.2, 0.25) is 0 Å². The minimum Gasteiger partial charge on any atom is -0.337 e. The van der Waals surface area contributed by atoms with Gasteiger partial charge in [-0.2, -0.15) is 5.10 Å². The number of nitrogens with zero attached hydrogens (tertiary/aromatic N) is 3. The van der Waals surface area contributed by atoms with Crippen LogP contribution in [0.3, 0.4) is 0 Å². The largest absolute Gasteiger partial charge is 0.337 e. The molecule has 5 nitrogen and oxygen atoms in total. The average molecular weight is 298 g/mol. The Morgan fingerprint density at radius 2 is 2.18 bits per heavy atom. The SMILES string of the molecule is CN[C@H]1CCCN(C(=O)c2cnn(-c3ccccc3C)c2)C1. The zero-order chi connectivity index (χ0) is 15.5. The van der Waals surface area contributed by atoms with Gasteiger partial charge < -0.3 is 10.2 Å². The molecule has 1 aliphatic heterocycles. The Bertz CT molecular complexity index is 664. The van der Waals surface area contributed by atoms with Crippen molar-refractivity contribution in [2.24, 2.45) is 0 Å². The molecule has 2 aromatic rings. The molecule has 2 heterocycles. The Hall–Kier alpha value is -2.14. The molecule has 5 heteroatoms. The van der Waals surface area contributed by atoms with Crippen LogP contribution in [0.25, 0.3) is 5.69 Å². The third kappa shape index (κ3) is 2.90. The van der Waals surface area contributed by atoms with Crippen LogP contribution in [0, 0.1) is 6.92 Å². The van der Waals surface area contributed by atoms with Crippen LogP contribution in [0.5, 0.6) is 0 Å². The van der Waals surface area contributed by atoms with Gasteiger partial charge in [-0.1, -0.05) is 18.2 Å². The second kappa shape index (κ2) is 6.32. The van der Waals surface area contributed by atoms with Crippen LogP contribution in [0.4, 0.5) is 0 Å². The lowest BCUT2D eigenvalue weighted by atomic mass is 10.1. The van der Waals surface area contributed by atoms with Crippen molar-refractivity contribution >= 4 is 5.91 Å². The van der Waals surface area contributed by atoms with Crippen molar-refractivity contribution in [3.05, 3.63) is 47.8 Å². The van der Waals surface area contributed by atoms with E-state index in [1.807, 2.05) is 49.3 Å². The molecule has 0 bridgehead atoms. The van der Waals surface area contributed by atoms with Crippen molar-refractivity contribution in [1.82, 2.24) is 20.0 Å². The van der Waals surface area contributed by atoms with Crippen molar-refractivity contribution in [1.29, 1.82) is 0 Å². The van der Waals surface area contributed by atoms with Gasteiger partial charge >= 0.3 is 0 Å². The molecule has 1 aliphatic rings. The van der Waals surface area contributed by atoms with E-state index in [1.54, 1.807) is 10.9 Å². The van der Waals surface area contributed by atoms with Crippen LogP contribution in [0.1, 0.15) is 28.8 Å². The molecule has 0 saturated carbocycles. The number of rotatable bonds is 3. The van der Waals surface area contributed by atoms with E-state index in [1.165, 1.54) is 0 Å². The summed E-state index contributed by atoms with van der Waals surface area (Å²) in [7, 11) is 1.95. The van der Waals surface area contributed by atoms with Crippen molar-refractivity contribution in [2.45, 2.75) is 25.8 Å². The lowest BCUT2D eigenvalue weighted by Crippen LogP contribution is -2.46. The number of nitrogens with one attached hydrogen (secondary N) is 1. The average Bonchev–Trinajstić information content (AvgIpc) is 3.04. The summed E-state index contributed by atoms with van der Waals surface area (Å²) in [6.07, 6.45) is 5.66. The number of hydrogen-bond donors (Lipinski definition) is 1. The van der Waals surface area contributed by atoms with Gasteiger partial charge in [0, 0.05) is 25.3 Å². The molecule has 1 fully saturated rings. The van der Waals surface area contributed by atoms with Crippen LogP contribution in [0.15, 0.2) is 36.7 Å². The van der Waals surface area contributed by atoms with Crippen LogP contribution >= 0.6 is 0 Å². The summed E-state index contributed by atoms with van der Waals surface area (Å²) in [5.74, 6) is 0.0692. The van der Waals surface area contributed by atoms with Gasteiger partial charge in [0.1, 0.15) is 0 Å². The number of hydrogen-bond acceptors (Lipinski definition) is 3. The van der Waals surface area contributed by atoms with Crippen molar-refractivity contribution in [3.8, 4) is 5.69 Å². The number of aromatic nitrogens is 2. The minimum absolute atomic E-state index is 0.0692. The number of carbonyl (C=O) groups excluding carboxylic acids is 1. The van der Waals surface area contributed by atoms with E-state index in [-0.39, 0.29) is 5.91 Å². The van der Waals surface area contributed by atoms with Gasteiger partial charge in [-0.3, -0.25) is 4.79 Å². The predicted molar refractivity (Wildman–Crippen MR) is 86.3 cm³/mol. The number of piperidine rings is 1. The van der Waals surface area contributed by atoms with Gasteiger partial charge in [-0.05, 0) is 38.4 Å². The third-order valence-corrected chi connectivity index (χ3v) is 4.31. The standard InChI is InChI=1S/C17H22N4O/c1-13-6-3-4-8-16(13)21-11-14(10-19-21)17(22)20-9-5-7-15(12-20)18-2/h3-4,6,8,10-11,15,18H,5,7,9,12H2,1-2H3/t15-/m0/s1. The molecule has 0 spiro atoms. The number of para-hydroxylation sites is 1. The van der Waals surface area contributed by atoms with E-state index in [4.69, 9.17) is 0 Å². The molecule has 1 atom stereocenters. The van der Waals surface area contributed by atoms with Crippen molar-refractivity contribution in [3.63, 3.8) is 0 Å². The summed E-state index contributed by atoms with van der Waals surface area (Å²) in [6.45, 7) is 3.64. The Kier molecular flexibility index (Phi) is 4.24. The second-order valence-electron chi connectivity index (χ2n) is 5.84. The maximum Gasteiger partial charge on any atom is 0.257 e. The molecular formula is C17H22N4O. The van der Waals surface area contributed by atoms with Gasteiger partial charge in [-0.15, -0.1) is 0 Å². The fourth-order valence-electron chi connectivity index (χ4n) is 2.97. The van der Waals surface area contributed by atoms with Crippen LogP contribution in [-0.2, 0) is 0 Å². The number of carbonyl (C=O) groups is 1. The molecular weight excluding hydrogens is 276 g/mol. The van der Waals surface area contributed by atoms with E-state index < -0.39 is 0 Å². The molecule has 0 radical (unpaired) electrons. The minimum atomic E-state index is 0.0692. The fourth-order valence-corrected chi connectivity index (χ4v) is 2.97. The van der Waals surface area contributed by atoms with E-state index in [2.05, 4.69) is 10.4 Å². The topological polar surface area (TPSA) is 50.2 Å². The molecule has 1 aromatic carbocycles. The molecule has 116 valence electrons. The van der Waals surface area contributed by atoms with Gasteiger partial charge in [0.2, 0.25) is 0 Å². The van der Waals surface area contributed by atoms with Gasteiger partial charge in [-0.25, -0.2) is 4.68 Å². The molecule has 1 saturated heterocycles. The lowest BCUT2D eigenvalue weighted by Gasteiger charge is -2.32. The molecule has 1 N–H and O–H groups in total. The second-order valence-corrected chi connectivity index (χ2v) is 5.84. The van der Waals surface area contributed by atoms with E-state index in [9.17, 15) is 4.79 Å². The Morgan fingerprint density at radius 3 is 2.95 bits per heavy atom. The smallest absolute Gasteiger partial charge is 0.257 e. The number of aryl methyl sites for hydroxylation is 1. The highest BCUT2D eigenvalue weighted by Gasteiger charge is 2.24. The first kappa shape index (κ1) is 14.8. The highest BCUT2D eigenvalue weighted by atomic mass is 16.2. The Balaban J connectivity index is 1.79. The lowest BCUT2D eigenvalue weighted by molar-refractivity contribution is 0.0698. The molecule has 1 amide bonds. The first-order chi connectivity index (χ1) is 10.7. The fraction of sp³-hybridized carbons (Fsp3) is 0.412. The summed E-state index contributed by atoms with van der Waals surface area (Å²) >= 11 is 0. The molecule has 22 heavy (non-hydrogen) atoms. The maximum atomic E-state index is 12.6. The number of likely N-dealkylation sites (N-methyl/N-ethyl adjacent to an activating group) is 1. The van der Waals surface area contributed by atoms with Gasteiger partial charge in [0.25, 0.3) is 5.91 Å². The third-order valence-electron chi connectivity index (χ3n) is 4.31. The zero-order valence-electron chi connectivity index (χ0n) is 13.1. The highest BCUT2D eigenvalue weighted by Crippen LogP contribution is 2.16. The monoisotopic (exact) mass is 298 g/mol. The maximum absolute atomic E-state index is 12.6. The van der Waals surface area contributed by atoms with Gasteiger partial charge in [0.05, 0.1) is 17.4 Å². The van der Waals surface area contributed by atoms with Crippen LogP contribution in [-0.4, -0.2) is 46.8 Å². The van der Waals surface area contributed by atoms with Crippen molar-refractivity contribution in [2.75, 3.05) is 20.1 Å². The van der Waals surface area contributed by atoms with Crippen molar-refractivity contribution < 1.29 is 4.79 Å². The highest BCUT2D eigenvalue weighted by molar-refractivity contribution is 5.94. The summed E-state index contributed by atoms with van der Waals surface area (Å²) in [5.41, 5.74) is 2.80. The summed E-state index contributed by atoms with van der Waals surface area (Å²) in [6, 6.07) is 8.42. The number of likely N-dealkylation sites (tertiary alicyclic amines) is 1. The normalized spacial score (nSPS) is 18.5. The van der Waals surface area contributed by atoms with E-state index >= 15 is 0 Å². The number of benzene rings is 1. The Labute approximate surface area is 130 Å². The van der Waals surface area contributed by atoms with E-state index in [0.29, 0.717) is 11.6 Å². The molecule has 3 rings (SSSR count).